The summed E-state index contributed by atoms with van der Waals surface area (Å²) in [5.41, 5.74) is 1.54. The summed E-state index contributed by atoms with van der Waals surface area (Å²) in [4.78, 5) is 52.9. The van der Waals surface area contributed by atoms with Crippen LogP contribution in [0.15, 0.2) is 59.5 Å². The molecule has 0 saturated carbocycles. The number of anilines is 1. The van der Waals surface area contributed by atoms with Gasteiger partial charge in [0.1, 0.15) is 5.75 Å². The number of hydrogen-bond acceptors (Lipinski definition) is 6. The van der Waals surface area contributed by atoms with Gasteiger partial charge in [0.25, 0.3) is 11.1 Å². The lowest BCUT2D eigenvalue weighted by molar-refractivity contribution is -0.127. The third-order valence-electron chi connectivity index (χ3n) is 5.49. The van der Waals surface area contributed by atoms with E-state index < -0.39 is 5.92 Å². The maximum Gasteiger partial charge on any atom is 0.293 e. The molecule has 0 bridgehead atoms. The maximum atomic E-state index is 12.6. The van der Waals surface area contributed by atoms with Gasteiger partial charge in [-0.15, -0.1) is 0 Å². The number of thioether (sulfide) groups is 1. The van der Waals surface area contributed by atoms with Crippen LogP contribution in [0.25, 0.3) is 6.08 Å². The molecule has 9 heteroatoms. The fourth-order valence-electron chi connectivity index (χ4n) is 3.72. The number of rotatable bonds is 7. The molecule has 2 heterocycles. The Morgan fingerprint density at radius 3 is 2.55 bits per heavy atom. The molecule has 2 aliphatic rings. The summed E-state index contributed by atoms with van der Waals surface area (Å²) in [5, 5.41) is 2.38. The SMILES string of the molecule is COc1ccc(/C=C2\SC(=O)N(CCNC(=O)[C@H]3CC(=O)N(c4ccccc4)C3)C2=O)cc1. The number of imide groups is 1. The Morgan fingerprint density at radius 1 is 1.12 bits per heavy atom. The van der Waals surface area contributed by atoms with Crippen molar-refractivity contribution in [2.45, 2.75) is 6.42 Å². The molecular formula is C24H23N3O5S. The summed E-state index contributed by atoms with van der Waals surface area (Å²) < 4.78 is 5.12. The van der Waals surface area contributed by atoms with Crippen LogP contribution >= 0.6 is 11.8 Å². The zero-order chi connectivity index (χ0) is 23.4. The van der Waals surface area contributed by atoms with Gasteiger partial charge in [-0.05, 0) is 47.7 Å². The number of para-hydroxylation sites is 1. The van der Waals surface area contributed by atoms with Crippen molar-refractivity contribution < 1.29 is 23.9 Å². The second kappa shape index (κ2) is 9.91. The van der Waals surface area contributed by atoms with E-state index in [2.05, 4.69) is 5.32 Å². The molecule has 0 aliphatic carbocycles. The predicted octanol–water partition coefficient (Wildman–Crippen LogP) is 2.90. The molecule has 8 nitrogen and oxygen atoms in total. The average Bonchev–Trinajstić information content (AvgIpc) is 3.34. The van der Waals surface area contributed by atoms with Crippen LogP contribution in [0.2, 0.25) is 0 Å². The molecule has 2 fully saturated rings. The zero-order valence-electron chi connectivity index (χ0n) is 18.0. The van der Waals surface area contributed by atoms with Gasteiger partial charge in [-0.3, -0.25) is 24.1 Å². The third kappa shape index (κ3) is 5.09. The fraction of sp³-hybridized carbons (Fsp3) is 0.250. The standard InChI is InChI=1S/C24H23N3O5S/c1-32-19-9-7-16(8-10-19)13-20-23(30)26(24(31)33-20)12-11-25-22(29)17-14-21(28)27(15-17)18-5-3-2-4-6-18/h2-10,13,17H,11-12,14-15H2,1H3,(H,25,29)/b20-13-/t17-/m0/s1. The topological polar surface area (TPSA) is 96.0 Å². The van der Waals surface area contributed by atoms with Crippen molar-refractivity contribution in [1.29, 1.82) is 0 Å². The van der Waals surface area contributed by atoms with E-state index in [-0.39, 0.29) is 42.5 Å². The van der Waals surface area contributed by atoms with Gasteiger partial charge in [0.15, 0.2) is 0 Å². The fourth-order valence-corrected chi connectivity index (χ4v) is 4.59. The van der Waals surface area contributed by atoms with Gasteiger partial charge >= 0.3 is 0 Å². The van der Waals surface area contributed by atoms with Crippen molar-refractivity contribution >= 4 is 46.5 Å². The van der Waals surface area contributed by atoms with Crippen molar-refractivity contribution in [3.63, 3.8) is 0 Å². The first-order valence-electron chi connectivity index (χ1n) is 10.5. The Labute approximate surface area is 195 Å². The Morgan fingerprint density at radius 2 is 1.85 bits per heavy atom. The summed E-state index contributed by atoms with van der Waals surface area (Å²) in [6.45, 7) is 0.503. The van der Waals surface area contributed by atoms with E-state index in [9.17, 15) is 19.2 Å². The molecule has 0 aromatic heterocycles. The second-order valence-electron chi connectivity index (χ2n) is 7.64. The zero-order valence-corrected chi connectivity index (χ0v) is 18.8. The van der Waals surface area contributed by atoms with Crippen molar-refractivity contribution in [3.05, 3.63) is 65.1 Å². The number of benzene rings is 2. The summed E-state index contributed by atoms with van der Waals surface area (Å²) in [6.07, 6.45) is 1.79. The highest BCUT2D eigenvalue weighted by molar-refractivity contribution is 8.18. The van der Waals surface area contributed by atoms with Crippen molar-refractivity contribution in [2.24, 2.45) is 5.92 Å². The molecule has 2 saturated heterocycles. The van der Waals surface area contributed by atoms with Gasteiger partial charge in [0.2, 0.25) is 11.8 Å². The number of amides is 4. The Hall–Kier alpha value is -3.59. The largest absolute Gasteiger partial charge is 0.497 e. The third-order valence-corrected chi connectivity index (χ3v) is 6.39. The highest BCUT2D eigenvalue weighted by atomic mass is 32.2. The number of methoxy groups -OCH3 is 1. The molecule has 1 atom stereocenters. The molecule has 1 N–H and O–H groups in total. The van der Waals surface area contributed by atoms with E-state index in [1.54, 1.807) is 42.4 Å². The highest BCUT2D eigenvalue weighted by Crippen LogP contribution is 2.32. The van der Waals surface area contributed by atoms with Crippen LogP contribution in [0.5, 0.6) is 5.75 Å². The Bertz CT molecular complexity index is 1100. The number of carbonyl (C=O) groups is 4. The second-order valence-corrected chi connectivity index (χ2v) is 8.63. The minimum absolute atomic E-state index is 0.0689. The molecule has 2 aromatic carbocycles. The van der Waals surface area contributed by atoms with Gasteiger partial charge in [-0.25, -0.2) is 0 Å². The van der Waals surface area contributed by atoms with Crippen LogP contribution in [0.4, 0.5) is 10.5 Å². The Balaban J connectivity index is 1.30. The summed E-state index contributed by atoms with van der Waals surface area (Å²) >= 11 is 0.872. The molecule has 0 unspecified atom stereocenters. The monoisotopic (exact) mass is 465 g/mol. The lowest BCUT2D eigenvalue weighted by atomic mass is 10.1. The predicted molar refractivity (Wildman–Crippen MR) is 126 cm³/mol. The highest BCUT2D eigenvalue weighted by Gasteiger charge is 2.36. The summed E-state index contributed by atoms with van der Waals surface area (Å²) in [7, 11) is 1.57. The van der Waals surface area contributed by atoms with Crippen LogP contribution in [-0.2, 0) is 14.4 Å². The first kappa shape index (κ1) is 22.6. The van der Waals surface area contributed by atoms with Gasteiger partial charge < -0.3 is 15.0 Å². The van der Waals surface area contributed by atoms with E-state index in [0.717, 1.165) is 27.9 Å². The number of hydrogen-bond donors (Lipinski definition) is 1. The minimum Gasteiger partial charge on any atom is -0.497 e. The molecule has 0 radical (unpaired) electrons. The maximum absolute atomic E-state index is 12.6. The lowest BCUT2D eigenvalue weighted by Gasteiger charge is -2.17. The van der Waals surface area contributed by atoms with Gasteiger partial charge in [-0.2, -0.15) is 0 Å². The normalized spacial score (nSPS) is 19.5. The molecule has 0 spiro atoms. The first-order chi connectivity index (χ1) is 16.0. The Kier molecular flexibility index (Phi) is 6.79. The smallest absolute Gasteiger partial charge is 0.293 e. The van der Waals surface area contributed by atoms with Crippen LogP contribution in [0.3, 0.4) is 0 Å². The van der Waals surface area contributed by atoms with Crippen molar-refractivity contribution in [1.82, 2.24) is 10.2 Å². The van der Waals surface area contributed by atoms with E-state index in [1.807, 2.05) is 30.3 Å². The summed E-state index contributed by atoms with van der Waals surface area (Å²) in [6, 6.07) is 16.4. The quantitative estimate of drug-likeness (QED) is 0.632. The van der Waals surface area contributed by atoms with Crippen LogP contribution in [-0.4, -0.2) is 54.6 Å². The molecule has 4 rings (SSSR count). The first-order valence-corrected chi connectivity index (χ1v) is 11.3. The van der Waals surface area contributed by atoms with Gasteiger partial charge in [-0.1, -0.05) is 30.3 Å². The molecule has 2 aliphatic heterocycles. The number of nitrogens with one attached hydrogen (secondary N) is 1. The van der Waals surface area contributed by atoms with Gasteiger partial charge in [0.05, 0.1) is 17.9 Å². The number of ether oxygens (including phenoxy) is 1. The van der Waals surface area contributed by atoms with E-state index >= 15 is 0 Å². The molecular weight excluding hydrogens is 442 g/mol. The van der Waals surface area contributed by atoms with Crippen LogP contribution < -0.4 is 15.0 Å². The van der Waals surface area contributed by atoms with E-state index in [0.29, 0.717) is 17.2 Å². The summed E-state index contributed by atoms with van der Waals surface area (Å²) in [5.74, 6) is -0.519. The number of carbonyl (C=O) groups excluding carboxylic acids is 4. The van der Waals surface area contributed by atoms with Crippen LogP contribution in [0, 0.1) is 5.92 Å². The molecule has 33 heavy (non-hydrogen) atoms. The molecule has 4 amide bonds. The van der Waals surface area contributed by atoms with E-state index in [4.69, 9.17) is 4.74 Å². The van der Waals surface area contributed by atoms with Crippen molar-refractivity contribution in [2.75, 3.05) is 31.6 Å². The average molecular weight is 466 g/mol. The van der Waals surface area contributed by atoms with Crippen LogP contribution in [0.1, 0.15) is 12.0 Å². The molecule has 2 aromatic rings. The lowest BCUT2D eigenvalue weighted by Crippen LogP contribution is -2.40. The van der Waals surface area contributed by atoms with Gasteiger partial charge in [0, 0.05) is 31.7 Å². The minimum atomic E-state index is -0.470. The number of nitrogens with zero attached hydrogens (tertiary/aromatic N) is 2. The molecule has 170 valence electrons. The van der Waals surface area contributed by atoms with E-state index in [1.165, 1.54) is 0 Å². The van der Waals surface area contributed by atoms with Crippen molar-refractivity contribution in [3.8, 4) is 5.75 Å².